The van der Waals surface area contributed by atoms with Crippen molar-refractivity contribution in [2.75, 3.05) is 0 Å². The molecule has 2 aromatic rings. The molecule has 6 nitrogen and oxygen atoms in total. The molecule has 0 saturated carbocycles. The molecule has 2 aliphatic carbocycles. The molecule has 42 heavy (non-hydrogen) atoms. The zero-order valence-electron chi connectivity index (χ0n) is 27.2. The molecule has 4 N–H and O–H groups in total. The maximum Gasteiger partial charge on any atom is 0.331 e. The third kappa shape index (κ3) is 5.93. The number of hydrogen-bond acceptors (Lipinski definition) is 6. The van der Waals surface area contributed by atoms with Crippen molar-refractivity contribution in [3.05, 3.63) is 81.9 Å². The Morgan fingerprint density at radius 3 is 1.36 bits per heavy atom. The Kier molecular flexibility index (Phi) is 7.87. The largest absolute Gasteiger partial charge is 0.450 e. The highest BCUT2D eigenvalue weighted by Gasteiger charge is 2.58. The monoisotopic (exact) mass is 574 g/mol. The zero-order valence-corrected chi connectivity index (χ0v) is 27.2. The van der Waals surface area contributed by atoms with Crippen LogP contribution in [0.3, 0.4) is 0 Å². The number of hydrogen-bond donors (Lipinski definition) is 2. The maximum absolute atomic E-state index is 13.5. The fraction of sp³-hybridized carbons (Fsp3) is 0.556. The van der Waals surface area contributed by atoms with Crippen LogP contribution in [0, 0.1) is 24.7 Å². The molecule has 0 heterocycles. The summed E-state index contributed by atoms with van der Waals surface area (Å²) in [6.07, 6.45) is 4.76. The molecule has 4 rings (SSSR count). The van der Waals surface area contributed by atoms with Crippen LogP contribution in [0.5, 0.6) is 0 Å². The Balaban J connectivity index is 1.66. The van der Waals surface area contributed by atoms with Crippen molar-refractivity contribution in [1.29, 1.82) is 0 Å². The Morgan fingerprint density at radius 2 is 1.05 bits per heavy atom. The first-order valence-electron chi connectivity index (χ1n) is 15.0. The second kappa shape index (κ2) is 10.3. The van der Waals surface area contributed by atoms with E-state index < -0.39 is 45.0 Å². The third-order valence-electron chi connectivity index (χ3n) is 9.17. The van der Waals surface area contributed by atoms with Crippen LogP contribution in [-0.4, -0.2) is 23.0 Å². The second-order valence-electron chi connectivity index (χ2n) is 15.6. The quantitative estimate of drug-likeness (QED) is 0.277. The molecular formula is C36H50N2O4. The van der Waals surface area contributed by atoms with E-state index in [0.29, 0.717) is 12.8 Å². The molecule has 228 valence electrons. The minimum absolute atomic E-state index is 0.407. The predicted molar refractivity (Wildman–Crippen MR) is 168 cm³/mol. The molecule has 0 saturated heterocycles. The molecule has 6 heteroatoms. The number of nitrogens with two attached hydrogens (primary N) is 2. The SMILES string of the molecule is Cc1ccc2c(c1)C(CC(C)(C)N)(OC(=O)/C=C/C(=O)OC1(CC(C)(C)N)c3cc(C)ccc3CC1(C)C)C(C)(C)C2. The average molecular weight is 575 g/mol. The Morgan fingerprint density at radius 1 is 0.714 bits per heavy atom. The van der Waals surface area contributed by atoms with E-state index in [1.54, 1.807) is 0 Å². The summed E-state index contributed by atoms with van der Waals surface area (Å²) in [4.78, 5) is 27.0. The summed E-state index contributed by atoms with van der Waals surface area (Å²) in [6.45, 7) is 20.3. The number of esters is 2. The third-order valence-corrected chi connectivity index (χ3v) is 9.17. The van der Waals surface area contributed by atoms with Gasteiger partial charge in [-0.3, -0.25) is 0 Å². The fourth-order valence-corrected chi connectivity index (χ4v) is 7.37. The van der Waals surface area contributed by atoms with Gasteiger partial charge in [-0.1, -0.05) is 75.2 Å². The van der Waals surface area contributed by atoms with Crippen LogP contribution in [0.4, 0.5) is 0 Å². The molecule has 0 aliphatic heterocycles. The van der Waals surface area contributed by atoms with Gasteiger partial charge in [0.25, 0.3) is 0 Å². The summed E-state index contributed by atoms with van der Waals surface area (Å²) in [5.41, 5.74) is 15.6. The van der Waals surface area contributed by atoms with Gasteiger partial charge in [0.15, 0.2) is 0 Å². The number of rotatable bonds is 8. The predicted octanol–water partition coefficient (Wildman–Crippen LogP) is 6.46. The molecule has 2 aliphatic rings. The van der Waals surface area contributed by atoms with Gasteiger partial charge in [-0.05, 0) is 76.6 Å². The fourth-order valence-electron chi connectivity index (χ4n) is 7.37. The average Bonchev–Trinajstić information content (AvgIpc) is 3.13. The molecule has 2 atom stereocenters. The van der Waals surface area contributed by atoms with Crippen molar-refractivity contribution in [2.24, 2.45) is 22.3 Å². The smallest absolute Gasteiger partial charge is 0.331 e. The maximum atomic E-state index is 13.5. The summed E-state index contributed by atoms with van der Waals surface area (Å²) < 4.78 is 12.8. The van der Waals surface area contributed by atoms with Gasteiger partial charge in [0, 0.05) is 46.9 Å². The number of carbonyl (C=O) groups excluding carboxylic acids is 2. The summed E-state index contributed by atoms with van der Waals surface area (Å²) in [5.74, 6) is -1.21. The van der Waals surface area contributed by atoms with Crippen molar-refractivity contribution < 1.29 is 19.1 Å². The first-order valence-corrected chi connectivity index (χ1v) is 15.0. The van der Waals surface area contributed by atoms with E-state index in [1.807, 2.05) is 41.5 Å². The van der Waals surface area contributed by atoms with E-state index in [-0.39, 0.29) is 0 Å². The van der Waals surface area contributed by atoms with Crippen LogP contribution in [0.2, 0.25) is 0 Å². The summed E-state index contributed by atoms with van der Waals surface area (Å²) in [6, 6.07) is 12.6. The number of carbonyl (C=O) groups is 2. The molecule has 0 fully saturated rings. The van der Waals surface area contributed by atoms with E-state index >= 15 is 0 Å². The van der Waals surface area contributed by atoms with Gasteiger partial charge in [0.05, 0.1) is 0 Å². The van der Waals surface area contributed by atoms with Crippen molar-refractivity contribution in [2.45, 2.75) is 117 Å². The van der Waals surface area contributed by atoms with Gasteiger partial charge >= 0.3 is 11.9 Å². The summed E-state index contributed by atoms with van der Waals surface area (Å²) >= 11 is 0. The number of benzene rings is 2. The molecule has 0 radical (unpaired) electrons. The molecule has 2 unspecified atom stereocenters. The first kappa shape index (κ1) is 32.0. The van der Waals surface area contributed by atoms with Gasteiger partial charge in [-0.2, -0.15) is 0 Å². The molecule has 0 aromatic heterocycles. The van der Waals surface area contributed by atoms with Gasteiger partial charge in [0.2, 0.25) is 0 Å². The highest BCUT2D eigenvalue weighted by atomic mass is 16.6. The normalized spacial score (nSPS) is 24.4. The van der Waals surface area contributed by atoms with Crippen LogP contribution in [0.25, 0.3) is 0 Å². The number of fused-ring (bicyclic) bond motifs is 2. The van der Waals surface area contributed by atoms with E-state index in [9.17, 15) is 9.59 Å². The van der Waals surface area contributed by atoms with Crippen LogP contribution in [0.1, 0.15) is 102 Å². The summed E-state index contributed by atoms with van der Waals surface area (Å²) in [7, 11) is 0. The lowest BCUT2D eigenvalue weighted by molar-refractivity contribution is -0.175. The van der Waals surface area contributed by atoms with Crippen molar-refractivity contribution in [3.63, 3.8) is 0 Å². The van der Waals surface area contributed by atoms with E-state index in [4.69, 9.17) is 20.9 Å². The van der Waals surface area contributed by atoms with Gasteiger partial charge in [-0.15, -0.1) is 0 Å². The van der Waals surface area contributed by atoms with Crippen molar-refractivity contribution >= 4 is 11.9 Å². The standard InChI is InChI=1S/C36H50N2O4/c1-23-11-13-25-19-31(3,4)35(27(25)17-23,21-33(7,8)37)41-29(39)15-16-30(40)42-36(22-34(9,10)38)28-18-24(2)12-14-26(28)20-32(36,5)6/h11-18H,19-22,37-38H2,1-10H3/b16-15+. The Hall–Kier alpha value is -2.96. The van der Waals surface area contributed by atoms with E-state index in [2.05, 4.69) is 64.1 Å². The van der Waals surface area contributed by atoms with Crippen LogP contribution in [0.15, 0.2) is 48.6 Å². The number of aryl methyl sites for hydroxylation is 2. The van der Waals surface area contributed by atoms with Crippen molar-refractivity contribution in [3.8, 4) is 0 Å². The van der Waals surface area contributed by atoms with Crippen molar-refractivity contribution in [1.82, 2.24) is 0 Å². The highest BCUT2D eigenvalue weighted by molar-refractivity contribution is 5.92. The van der Waals surface area contributed by atoms with Gasteiger partial charge in [0.1, 0.15) is 11.2 Å². The van der Waals surface area contributed by atoms with Crippen LogP contribution < -0.4 is 11.5 Å². The van der Waals surface area contributed by atoms with Gasteiger partial charge in [-0.25, -0.2) is 9.59 Å². The Labute approximate surface area is 252 Å². The molecule has 0 amide bonds. The first-order chi connectivity index (χ1) is 19.1. The second-order valence-corrected chi connectivity index (χ2v) is 15.6. The zero-order chi connectivity index (χ0) is 31.5. The molecular weight excluding hydrogens is 524 g/mol. The molecule has 0 bridgehead atoms. The lowest BCUT2D eigenvalue weighted by Gasteiger charge is -2.45. The van der Waals surface area contributed by atoms with E-state index in [1.165, 1.54) is 12.2 Å². The highest BCUT2D eigenvalue weighted by Crippen LogP contribution is 2.57. The summed E-state index contributed by atoms with van der Waals surface area (Å²) in [5, 5.41) is 0. The molecule has 2 aromatic carbocycles. The lowest BCUT2D eigenvalue weighted by atomic mass is 9.69. The Bertz CT molecular complexity index is 1320. The topological polar surface area (TPSA) is 105 Å². The lowest BCUT2D eigenvalue weighted by Crippen LogP contribution is -2.50. The van der Waals surface area contributed by atoms with Gasteiger partial charge < -0.3 is 20.9 Å². The minimum Gasteiger partial charge on any atom is -0.450 e. The van der Waals surface area contributed by atoms with Crippen LogP contribution in [-0.2, 0) is 43.1 Å². The van der Waals surface area contributed by atoms with Crippen LogP contribution >= 0.6 is 0 Å². The molecule has 0 spiro atoms. The van der Waals surface area contributed by atoms with E-state index in [0.717, 1.165) is 46.2 Å². The number of ether oxygens (including phenoxy) is 2. The minimum atomic E-state index is -0.952.